The Kier molecular flexibility index (Phi) is 7.50. The van der Waals surface area contributed by atoms with Crippen LogP contribution in [0.25, 0.3) is 22.4 Å². The minimum atomic E-state index is -3.78. The molecule has 0 amide bonds. The molecule has 1 N–H and O–H groups in total. The van der Waals surface area contributed by atoms with E-state index in [1.165, 1.54) is 16.6 Å². The van der Waals surface area contributed by atoms with Crippen molar-refractivity contribution < 1.29 is 17.9 Å². The number of hydrogen-bond donors (Lipinski definition) is 1. The molecule has 0 bridgehead atoms. The lowest BCUT2D eigenvalue weighted by molar-refractivity contribution is 0.183. The Morgan fingerprint density at radius 1 is 1.14 bits per heavy atom. The molecule has 190 valence electrons. The number of piperazine rings is 1. The van der Waals surface area contributed by atoms with Crippen molar-refractivity contribution in [3.05, 3.63) is 28.3 Å². The van der Waals surface area contributed by atoms with Crippen LogP contribution in [-0.2, 0) is 27.7 Å². The van der Waals surface area contributed by atoms with E-state index in [4.69, 9.17) is 9.47 Å². The highest BCUT2D eigenvalue weighted by atomic mass is 32.2. The molecule has 35 heavy (non-hydrogen) atoms. The van der Waals surface area contributed by atoms with Crippen molar-refractivity contribution in [2.24, 2.45) is 0 Å². The Labute approximate surface area is 203 Å². The molecule has 4 rings (SSSR count). The molecule has 0 radical (unpaired) electrons. The van der Waals surface area contributed by atoms with Gasteiger partial charge >= 0.3 is 0 Å². The number of sulfonamides is 1. The van der Waals surface area contributed by atoms with E-state index in [1.54, 1.807) is 18.7 Å². The van der Waals surface area contributed by atoms with Crippen LogP contribution < -0.4 is 10.3 Å². The maximum Gasteiger partial charge on any atom is 0.279 e. The van der Waals surface area contributed by atoms with Gasteiger partial charge in [-0.25, -0.2) is 18.4 Å². The zero-order valence-electron chi connectivity index (χ0n) is 20.4. The van der Waals surface area contributed by atoms with Crippen molar-refractivity contribution in [1.29, 1.82) is 0 Å². The molecule has 1 saturated heterocycles. The second kappa shape index (κ2) is 10.4. The highest BCUT2D eigenvalue weighted by Gasteiger charge is 2.29. The molecule has 0 saturated carbocycles. The van der Waals surface area contributed by atoms with Crippen molar-refractivity contribution in [2.45, 2.75) is 31.7 Å². The largest absolute Gasteiger partial charge is 0.477 e. The van der Waals surface area contributed by atoms with Crippen molar-refractivity contribution in [3.63, 3.8) is 0 Å². The zero-order chi connectivity index (χ0) is 25.2. The maximum atomic E-state index is 13.3. The smallest absolute Gasteiger partial charge is 0.279 e. The van der Waals surface area contributed by atoms with E-state index >= 15 is 0 Å². The molecule has 0 aromatic carbocycles. The first-order valence-electron chi connectivity index (χ1n) is 11.6. The number of nitrogens with zero attached hydrogens (tertiary/aromatic N) is 6. The molecule has 1 fully saturated rings. The van der Waals surface area contributed by atoms with Gasteiger partial charge in [-0.15, -0.1) is 0 Å². The van der Waals surface area contributed by atoms with Gasteiger partial charge < -0.3 is 19.4 Å². The van der Waals surface area contributed by atoms with E-state index in [9.17, 15) is 13.2 Å². The summed E-state index contributed by atoms with van der Waals surface area (Å²) in [5.41, 5.74) is 1.33. The molecule has 0 atom stereocenters. The number of likely N-dealkylation sites (N-methyl/N-ethyl adjacent to an activating group) is 1. The van der Waals surface area contributed by atoms with Crippen LogP contribution in [0.3, 0.4) is 0 Å². The average molecular weight is 506 g/mol. The van der Waals surface area contributed by atoms with E-state index in [0.29, 0.717) is 63.4 Å². The predicted octanol–water partition coefficient (Wildman–Crippen LogP) is 0.725. The second-order valence-electron chi connectivity index (χ2n) is 8.29. The highest BCUT2D eigenvalue weighted by Crippen LogP contribution is 2.30. The summed E-state index contributed by atoms with van der Waals surface area (Å²) in [4.78, 5) is 26.8. The van der Waals surface area contributed by atoms with Crippen LogP contribution in [-0.4, -0.2) is 95.9 Å². The van der Waals surface area contributed by atoms with Crippen LogP contribution in [0, 0.1) is 0 Å². The SMILES string of the molecule is CCOc1ncc(S(=O)(=O)N2CCN(C)CC2)cc1-c1nc2c(CC)n(CCOC)nc2c(=O)[nH]1. The first kappa shape index (κ1) is 25.2. The molecule has 4 heterocycles. The molecule has 0 aliphatic carbocycles. The minimum absolute atomic E-state index is 0.0229. The molecule has 0 spiro atoms. The third-order valence-electron chi connectivity index (χ3n) is 6.00. The minimum Gasteiger partial charge on any atom is -0.477 e. The van der Waals surface area contributed by atoms with Crippen LogP contribution in [0.1, 0.15) is 19.5 Å². The number of pyridine rings is 1. The van der Waals surface area contributed by atoms with Gasteiger partial charge in [0.2, 0.25) is 15.9 Å². The molecule has 12 nitrogen and oxygen atoms in total. The topological polar surface area (TPSA) is 136 Å². The molecular formula is C22H31N7O5S. The normalized spacial score (nSPS) is 15.7. The monoisotopic (exact) mass is 505 g/mol. The first-order valence-corrected chi connectivity index (χ1v) is 13.0. The summed E-state index contributed by atoms with van der Waals surface area (Å²) in [5.74, 6) is 0.368. The van der Waals surface area contributed by atoms with Gasteiger partial charge in [-0.2, -0.15) is 9.40 Å². The maximum absolute atomic E-state index is 13.3. The van der Waals surface area contributed by atoms with Crippen LogP contribution in [0.5, 0.6) is 5.88 Å². The van der Waals surface area contributed by atoms with E-state index in [2.05, 4.69) is 25.0 Å². The lowest BCUT2D eigenvalue weighted by atomic mass is 10.2. The third-order valence-corrected chi connectivity index (χ3v) is 7.87. The molecular weight excluding hydrogens is 474 g/mol. The second-order valence-corrected chi connectivity index (χ2v) is 10.2. The molecule has 3 aromatic rings. The molecule has 1 aliphatic rings. The first-order chi connectivity index (χ1) is 16.8. The van der Waals surface area contributed by atoms with Gasteiger partial charge in [0, 0.05) is 33.3 Å². The number of H-pyrrole nitrogens is 1. The van der Waals surface area contributed by atoms with Gasteiger partial charge in [-0.05, 0) is 26.5 Å². The number of rotatable bonds is 9. The van der Waals surface area contributed by atoms with E-state index in [0.717, 1.165) is 5.69 Å². The Morgan fingerprint density at radius 2 is 1.89 bits per heavy atom. The van der Waals surface area contributed by atoms with Crippen molar-refractivity contribution in [3.8, 4) is 17.3 Å². The van der Waals surface area contributed by atoms with E-state index in [1.807, 2.05) is 14.0 Å². The van der Waals surface area contributed by atoms with Gasteiger partial charge in [0.05, 0.1) is 37.2 Å². The van der Waals surface area contributed by atoms with Crippen LogP contribution in [0.2, 0.25) is 0 Å². The fraction of sp³-hybridized carbons (Fsp3) is 0.545. The van der Waals surface area contributed by atoms with Crippen LogP contribution in [0.4, 0.5) is 0 Å². The number of fused-ring (bicyclic) bond motifs is 1. The Hall–Kier alpha value is -2.87. The number of aromatic nitrogens is 5. The third kappa shape index (κ3) is 4.94. The molecule has 13 heteroatoms. The van der Waals surface area contributed by atoms with Gasteiger partial charge in [0.1, 0.15) is 16.2 Å². The summed E-state index contributed by atoms with van der Waals surface area (Å²) < 4.78 is 40.7. The van der Waals surface area contributed by atoms with Crippen LogP contribution >= 0.6 is 0 Å². The summed E-state index contributed by atoms with van der Waals surface area (Å²) in [6.07, 6.45) is 1.89. The number of nitrogens with one attached hydrogen (secondary N) is 1. The van der Waals surface area contributed by atoms with E-state index in [-0.39, 0.29) is 22.1 Å². The molecule has 3 aromatic heterocycles. The van der Waals surface area contributed by atoms with Gasteiger partial charge in [0.15, 0.2) is 5.52 Å². The Balaban J connectivity index is 1.83. The lowest BCUT2D eigenvalue weighted by Crippen LogP contribution is -2.47. The quantitative estimate of drug-likeness (QED) is 0.446. The standard InChI is InChI=1S/C22H31N7O5S/c1-5-17-18-19(26-29(17)11-12-33-4)21(30)25-20(24-18)16-13-15(14-23-22(16)34-6-2)35(31,32)28-9-7-27(3)8-10-28/h13-14H,5-12H2,1-4H3,(H,24,25,30). The Bertz CT molecular complexity index is 1360. The number of ether oxygens (including phenoxy) is 2. The number of aromatic amines is 1. The lowest BCUT2D eigenvalue weighted by Gasteiger charge is -2.31. The fourth-order valence-corrected chi connectivity index (χ4v) is 5.47. The number of hydrogen-bond acceptors (Lipinski definition) is 9. The summed E-state index contributed by atoms with van der Waals surface area (Å²) in [5, 5.41) is 4.42. The number of methoxy groups -OCH3 is 1. The number of aryl methyl sites for hydroxylation is 1. The Morgan fingerprint density at radius 3 is 2.54 bits per heavy atom. The van der Waals surface area contributed by atoms with Gasteiger partial charge in [0.25, 0.3) is 5.56 Å². The average Bonchev–Trinajstić information content (AvgIpc) is 3.21. The van der Waals surface area contributed by atoms with Gasteiger partial charge in [-0.3, -0.25) is 9.48 Å². The summed E-state index contributed by atoms with van der Waals surface area (Å²) in [6, 6.07) is 1.47. The highest BCUT2D eigenvalue weighted by molar-refractivity contribution is 7.89. The predicted molar refractivity (Wildman–Crippen MR) is 130 cm³/mol. The van der Waals surface area contributed by atoms with Crippen molar-refractivity contribution in [1.82, 2.24) is 33.9 Å². The zero-order valence-corrected chi connectivity index (χ0v) is 21.3. The molecule has 1 aliphatic heterocycles. The van der Waals surface area contributed by atoms with Crippen molar-refractivity contribution >= 4 is 21.1 Å². The fourth-order valence-electron chi connectivity index (χ4n) is 4.08. The summed E-state index contributed by atoms with van der Waals surface area (Å²) >= 11 is 0. The molecule has 0 unspecified atom stereocenters. The van der Waals surface area contributed by atoms with Crippen LogP contribution in [0.15, 0.2) is 22.0 Å². The summed E-state index contributed by atoms with van der Waals surface area (Å²) in [6.45, 7) is 7.07. The summed E-state index contributed by atoms with van der Waals surface area (Å²) in [7, 11) is -0.221. The van der Waals surface area contributed by atoms with Crippen molar-refractivity contribution in [2.75, 3.05) is 53.6 Å². The van der Waals surface area contributed by atoms with Gasteiger partial charge in [-0.1, -0.05) is 6.92 Å². The van der Waals surface area contributed by atoms with E-state index < -0.39 is 15.6 Å².